The number of hydrogen-bond donors (Lipinski definition) is 1. The molecule has 0 aromatic heterocycles. The van der Waals surface area contributed by atoms with Crippen molar-refractivity contribution in [2.75, 3.05) is 39.3 Å². The Hall–Kier alpha value is 0.01000. The SMILES string of the molecule is O=S(=O)(c1ccc(Br)cc1Br)N1CCN(C2CNC2)CC1. The van der Waals surface area contributed by atoms with Crippen LogP contribution in [0, 0.1) is 0 Å². The van der Waals surface area contributed by atoms with E-state index >= 15 is 0 Å². The van der Waals surface area contributed by atoms with Crippen LogP contribution >= 0.6 is 31.9 Å². The van der Waals surface area contributed by atoms with E-state index < -0.39 is 10.0 Å². The van der Waals surface area contributed by atoms with Gasteiger partial charge in [0.05, 0.1) is 4.90 Å². The largest absolute Gasteiger partial charge is 0.314 e. The molecule has 1 N–H and O–H groups in total. The summed E-state index contributed by atoms with van der Waals surface area (Å²) in [6.45, 7) is 4.76. The molecular weight excluding hydrogens is 422 g/mol. The van der Waals surface area contributed by atoms with Crippen LogP contribution in [0.2, 0.25) is 0 Å². The number of piperazine rings is 1. The average Bonchev–Trinajstić information content (AvgIpc) is 2.37. The van der Waals surface area contributed by atoms with E-state index in [0.717, 1.165) is 30.7 Å². The molecule has 8 heteroatoms. The standard InChI is InChI=1S/C13H17Br2N3O2S/c14-10-1-2-13(12(15)7-10)21(19,20)18-5-3-17(4-6-18)11-8-16-9-11/h1-2,7,11,16H,3-6,8-9H2. The molecule has 0 amide bonds. The van der Waals surface area contributed by atoms with Crippen molar-refractivity contribution in [3.63, 3.8) is 0 Å². The normalized spacial score (nSPS) is 22.2. The van der Waals surface area contributed by atoms with Gasteiger partial charge in [0.15, 0.2) is 0 Å². The first-order valence-corrected chi connectivity index (χ1v) is 9.91. The quantitative estimate of drug-likeness (QED) is 0.776. The van der Waals surface area contributed by atoms with Gasteiger partial charge in [-0.1, -0.05) is 15.9 Å². The van der Waals surface area contributed by atoms with Crippen LogP contribution in [-0.2, 0) is 10.0 Å². The third-order valence-electron chi connectivity index (χ3n) is 4.06. The topological polar surface area (TPSA) is 52.7 Å². The highest BCUT2D eigenvalue weighted by Crippen LogP contribution is 2.28. The van der Waals surface area contributed by atoms with E-state index in [9.17, 15) is 8.42 Å². The van der Waals surface area contributed by atoms with Gasteiger partial charge in [0.25, 0.3) is 0 Å². The molecule has 0 radical (unpaired) electrons. The summed E-state index contributed by atoms with van der Waals surface area (Å²) in [5, 5.41) is 3.25. The summed E-state index contributed by atoms with van der Waals surface area (Å²) in [7, 11) is -3.42. The molecule has 2 aliphatic heterocycles. The van der Waals surface area contributed by atoms with Crippen LogP contribution in [-0.4, -0.2) is 62.9 Å². The van der Waals surface area contributed by atoms with Crippen LogP contribution < -0.4 is 5.32 Å². The summed E-state index contributed by atoms with van der Waals surface area (Å²) < 4.78 is 28.5. The van der Waals surface area contributed by atoms with Gasteiger partial charge in [-0.05, 0) is 34.1 Å². The summed E-state index contributed by atoms with van der Waals surface area (Å²) in [6, 6.07) is 5.75. The van der Waals surface area contributed by atoms with Crippen molar-refractivity contribution >= 4 is 41.9 Å². The number of benzene rings is 1. The molecule has 0 unspecified atom stereocenters. The Labute approximate surface area is 142 Å². The van der Waals surface area contributed by atoms with Crippen LogP contribution in [0.4, 0.5) is 0 Å². The summed E-state index contributed by atoms with van der Waals surface area (Å²) >= 11 is 6.70. The van der Waals surface area contributed by atoms with Crippen molar-refractivity contribution in [1.82, 2.24) is 14.5 Å². The molecular formula is C13H17Br2N3O2S. The lowest BCUT2D eigenvalue weighted by atomic mass is 10.1. The molecule has 5 nitrogen and oxygen atoms in total. The second kappa shape index (κ2) is 6.25. The van der Waals surface area contributed by atoms with E-state index in [2.05, 4.69) is 42.1 Å². The van der Waals surface area contributed by atoms with E-state index in [-0.39, 0.29) is 0 Å². The molecule has 0 atom stereocenters. The number of hydrogen-bond acceptors (Lipinski definition) is 4. The number of rotatable bonds is 3. The molecule has 0 bridgehead atoms. The molecule has 1 aromatic carbocycles. The van der Waals surface area contributed by atoms with E-state index in [1.165, 1.54) is 0 Å². The second-order valence-electron chi connectivity index (χ2n) is 5.33. The number of nitrogens with one attached hydrogen (secondary N) is 1. The summed E-state index contributed by atoms with van der Waals surface area (Å²) in [4.78, 5) is 2.71. The molecule has 116 valence electrons. The van der Waals surface area contributed by atoms with Crippen molar-refractivity contribution < 1.29 is 8.42 Å². The zero-order chi connectivity index (χ0) is 15.0. The lowest BCUT2D eigenvalue weighted by Crippen LogP contribution is -2.62. The molecule has 3 rings (SSSR count). The van der Waals surface area contributed by atoms with Crippen molar-refractivity contribution in [2.45, 2.75) is 10.9 Å². The fraction of sp³-hybridized carbons (Fsp3) is 0.538. The molecule has 21 heavy (non-hydrogen) atoms. The van der Waals surface area contributed by atoms with Gasteiger partial charge in [-0.2, -0.15) is 4.31 Å². The first kappa shape index (κ1) is 15.9. The summed E-state index contributed by atoms with van der Waals surface area (Å²) in [6.07, 6.45) is 0. The molecule has 0 spiro atoms. The minimum Gasteiger partial charge on any atom is -0.314 e. The van der Waals surface area contributed by atoms with E-state index in [0.29, 0.717) is 28.5 Å². The second-order valence-corrected chi connectivity index (χ2v) is 9.00. The highest BCUT2D eigenvalue weighted by atomic mass is 79.9. The Morgan fingerprint density at radius 2 is 1.76 bits per heavy atom. The highest BCUT2D eigenvalue weighted by Gasteiger charge is 2.33. The van der Waals surface area contributed by atoms with Gasteiger partial charge >= 0.3 is 0 Å². The number of halogens is 2. The van der Waals surface area contributed by atoms with Gasteiger partial charge in [-0.15, -0.1) is 0 Å². The predicted octanol–water partition coefficient (Wildman–Crippen LogP) is 1.49. The lowest BCUT2D eigenvalue weighted by molar-refractivity contribution is 0.103. The maximum absolute atomic E-state index is 12.7. The third-order valence-corrected chi connectivity index (χ3v) is 7.43. The molecule has 2 aliphatic rings. The highest BCUT2D eigenvalue weighted by molar-refractivity contribution is 9.11. The zero-order valence-corrected chi connectivity index (χ0v) is 15.4. The van der Waals surface area contributed by atoms with Crippen molar-refractivity contribution in [1.29, 1.82) is 0 Å². The Kier molecular flexibility index (Phi) is 4.73. The zero-order valence-electron chi connectivity index (χ0n) is 11.4. The van der Waals surface area contributed by atoms with Crippen LogP contribution in [0.15, 0.2) is 32.0 Å². The fourth-order valence-corrected chi connectivity index (χ4v) is 5.79. The maximum atomic E-state index is 12.7. The van der Waals surface area contributed by atoms with Gasteiger partial charge < -0.3 is 5.32 Å². The van der Waals surface area contributed by atoms with Crippen LogP contribution in [0.3, 0.4) is 0 Å². The molecule has 2 heterocycles. The number of sulfonamides is 1. The third kappa shape index (κ3) is 3.20. The van der Waals surface area contributed by atoms with Gasteiger partial charge in [0.1, 0.15) is 0 Å². The van der Waals surface area contributed by atoms with Crippen LogP contribution in [0.5, 0.6) is 0 Å². The Morgan fingerprint density at radius 3 is 2.29 bits per heavy atom. The van der Waals surface area contributed by atoms with E-state index in [4.69, 9.17) is 0 Å². The smallest absolute Gasteiger partial charge is 0.244 e. The van der Waals surface area contributed by atoms with Gasteiger partial charge in [0.2, 0.25) is 10.0 Å². The van der Waals surface area contributed by atoms with Crippen molar-refractivity contribution in [3.8, 4) is 0 Å². The first-order valence-electron chi connectivity index (χ1n) is 6.88. The monoisotopic (exact) mass is 437 g/mol. The Balaban J connectivity index is 1.73. The van der Waals surface area contributed by atoms with Crippen molar-refractivity contribution in [2.24, 2.45) is 0 Å². The summed E-state index contributed by atoms with van der Waals surface area (Å²) in [5.41, 5.74) is 0. The van der Waals surface area contributed by atoms with Crippen molar-refractivity contribution in [3.05, 3.63) is 27.1 Å². The fourth-order valence-electron chi connectivity index (χ4n) is 2.66. The molecule has 2 saturated heterocycles. The minimum atomic E-state index is -3.42. The predicted molar refractivity (Wildman–Crippen MR) is 88.8 cm³/mol. The van der Waals surface area contributed by atoms with Crippen LogP contribution in [0.1, 0.15) is 0 Å². The first-order chi connectivity index (χ1) is 9.98. The number of nitrogens with zero attached hydrogens (tertiary/aromatic N) is 2. The van der Waals surface area contributed by atoms with Gasteiger partial charge in [-0.25, -0.2) is 8.42 Å². The van der Waals surface area contributed by atoms with Crippen LogP contribution in [0.25, 0.3) is 0 Å². The van der Waals surface area contributed by atoms with Gasteiger partial charge in [-0.3, -0.25) is 4.90 Å². The maximum Gasteiger partial charge on any atom is 0.244 e. The Morgan fingerprint density at radius 1 is 1.10 bits per heavy atom. The minimum absolute atomic E-state index is 0.337. The molecule has 0 saturated carbocycles. The van der Waals surface area contributed by atoms with E-state index in [1.807, 2.05) is 0 Å². The molecule has 0 aliphatic carbocycles. The van der Waals surface area contributed by atoms with E-state index in [1.54, 1.807) is 22.5 Å². The average molecular weight is 439 g/mol. The molecule has 1 aromatic rings. The van der Waals surface area contributed by atoms with Gasteiger partial charge in [0, 0.05) is 54.3 Å². The Bertz CT molecular complexity index is 626. The molecule has 2 fully saturated rings. The lowest BCUT2D eigenvalue weighted by Gasteiger charge is -2.42. The summed E-state index contributed by atoms with van der Waals surface area (Å²) in [5.74, 6) is 0.